The number of rotatable bonds is 4. The van der Waals surface area contributed by atoms with Crippen molar-refractivity contribution in [1.29, 1.82) is 0 Å². The fourth-order valence-electron chi connectivity index (χ4n) is 3.25. The van der Waals surface area contributed by atoms with E-state index in [4.69, 9.17) is 4.74 Å². The summed E-state index contributed by atoms with van der Waals surface area (Å²) in [5.74, 6) is 0. The normalized spacial score (nSPS) is 34.1. The highest BCUT2D eigenvalue weighted by atomic mass is 16.5. The molecule has 0 radical (unpaired) electrons. The Morgan fingerprint density at radius 2 is 2.18 bits per heavy atom. The molecule has 2 unspecified atom stereocenters. The van der Waals surface area contributed by atoms with E-state index < -0.39 is 0 Å². The van der Waals surface area contributed by atoms with Crippen LogP contribution in [0.1, 0.15) is 46.5 Å². The number of hydrogen-bond acceptors (Lipinski definition) is 3. The van der Waals surface area contributed by atoms with Crippen molar-refractivity contribution in [1.82, 2.24) is 10.2 Å². The predicted molar refractivity (Wildman–Crippen MR) is 71.3 cm³/mol. The van der Waals surface area contributed by atoms with E-state index in [1.807, 2.05) is 0 Å². The van der Waals surface area contributed by atoms with E-state index in [0.717, 1.165) is 25.6 Å². The third-order valence-electron chi connectivity index (χ3n) is 4.24. The molecule has 3 nitrogen and oxygen atoms in total. The van der Waals surface area contributed by atoms with Crippen molar-refractivity contribution in [3.63, 3.8) is 0 Å². The molecule has 1 N–H and O–H groups in total. The third kappa shape index (κ3) is 3.67. The molecule has 0 aromatic rings. The Labute approximate surface area is 106 Å². The quantitative estimate of drug-likeness (QED) is 0.813. The van der Waals surface area contributed by atoms with Gasteiger partial charge in [-0.15, -0.1) is 0 Å². The second kappa shape index (κ2) is 5.68. The Morgan fingerprint density at radius 3 is 2.88 bits per heavy atom. The third-order valence-corrected chi connectivity index (χ3v) is 4.24. The summed E-state index contributed by atoms with van der Waals surface area (Å²) in [4.78, 5) is 2.61. The monoisotopic (exact) mass is 240 g/mol. The lowest BCUT2D eigenvalue weighted by molar-refractivity contribution is -0.0632. The highest BCUT2D eigenvalue weighted by Crippen LogP contribution is 2.24. The highest BCUT2D eigenvalue weighted by molar-refractivity contribution is 4.86. The molecule has 0 aromatic heterocycles. The standard InChI is InChI=1S/C14H28N2O/c1-4-16-8-5-6-13(16)11-15-12-7-9-17-14(2,3)10-12/h12-13,15H,4-11H2,1-3H3. The first kappa shape index (κ1) is 13.3. The number of ether oxygens (including phenoxy) is 1. The van der Waals surface area contributed by atoms with Gasteiger partial charge in [-0.1, -0.05) is 6.92 Å². The molecular formula is C14H28N2O. The fourth-order valence-corrected chi connectivity index (χ4v) is 3.25. The maximum absolute atomic E-state index is 5.76. The summed E-state index contributed by atoms with van der Waals surface area (Å²) in [5.41, 5.74) is 0.0655. The molecule has 2 heterocycles. The van der Waals surface area contributed by atoms with Gasteiger partial charge in [0.05, 0.1) is 5.60 Å². The lowest BCUT2D eigenvalue weighted by atomic mass is 9.94. The molecule has 2 aliphatic heterocycles. The lowest BCUT2D eigenvalue weighted by Gasteiger charge is -2.37. The molecule has 100 valence electrons. The van der Waals surface area contributed by atoms with Crippen LogP contribution in [-0.2, 0) is 4.74 Å². The van der Waals surface area contributed by atoms with Crippen molar-refractivity contribution < 1.29 is 4.74 Å². The van der Waals surface area contributed by atoms with Crippen LogP contribution in [0.5, 0.6) is 0 Å². The van der Waals surface area contributed by atoms with Crippen LogP contribution in [-0.4, -0.2) is 48.8 Å². The van der Waals surface area contributed by atoms with Crippen LogP contribution in [0.3, 0.4) is 0 Å². The molecule has 2 aliphatic rings. The molecule has 2 atom stereocenters. The van der Waals surface area contributed by atoms with Gasteiger partial charge < -0.3 is 10.1 Å². The van der Waals surface area contributed by atoms with E-state index in [1.165, 1.54) is 32.4 Å². The number of likely N-dealkylation sites (tertiary alicyclic amines) is 1. The van der Waals surface area contributed by atoms with Crippen molar-refractivity contribution in [2.24, 2.45) is 0 Å². The molecule has 0 aromatic carbocycles. The zero-order chi connectivity index (χ0) is 12.3. The molecule has 2 rings (SSSR count). The van der Waals surface area contributed by atoms with Gasteiger partial charge in [0, 0.05) is 25.2 Å². The van der Waals surface area contributed by atoms with Crippen LogP contribution in [0.4, 0.5) is 0 Å². The first-order valence-electron chi connectivity index (χ1n) is 7.22. The first-order chi connectivity index (χ1) is 8.11. The van der Waals surface area contributed by atoms with Gasteiger partial charge in [-0.2, -0.15) is 0 Å². The molecular weight excluding hydrogens is 212 g/mol. The zero-order valence-corrected chi connectivity index (χ0v) is 11.7. The molecule has 0 aliphatic carbocycles. The summed E-state index contributed by atoms with van der Waals surface area (Å²) in [5, 5.41) is 3.76. The largest absolute Gasteiger partial charge is 0.375 e. The van der Waals surface area contributed by atoms with Gasteiger partial charge in [-0.3, -0.25) is 4.90 Å². The van der Waals surface area contributed by atoms with Crippen molar-refractivity contribution in [2.75, 3.05) is 26.2 Å². The van der Waals surface area contributed by atoms with Crippen LogP contribution in [0.2, 0.25) is 0 Å². The Balaban J connectivity index is 1.74. The van der Waals surface area contributed by atoms with Crippen molar-refractivity contribution >= 4 is 0 Å². The minimum Gasteiger partial charge on any atom is -0.375 e. The molecule has 3 heteroatoms. The van der Waals surface area contributed by atoms with Crippen LogP contribution in [0, 0.1) is 0 Å². The second-order valence-corrected chi connectivity index (χ2v) is 6.13. The summed E-state index contributed by atoms with van der Waals surface area (Å²) >= 11 is 0. The van der Waals surface area contributed by atoms with E-state index in [1.54, 1.807) is 0 Å². The fraction of sp³-hybridized carbons (Fsp3) is 1.00. The van der Waals surface area contributed by atoms with Crippen LogP contribution in [0.15, 0.2) is 0 Å². The van der Waals surface area contributed by atoms with Crippen LogP contribution >= 0.6 is 0 Å². The van der Waals surface area contributed by atoms with Gasteiger partial charge >= 0.3 is 0 Å². The number of nitrogens with one attached hydrogen (secondary N) is 1. The maximum Gasteiger partial charge on any atom is 0.0641 e. The van der Waals surface area contributed by atoms with Gasteiger partial charge in [0.2, 0.25) is 0 Å². The Bertz CT molecular complexity index is 242. The van der Waals surface area contributed by atoms with E-state index in [-0.39, 0.29) is 5.60 Å². The first-order valence-corrected chi connectivity index (χ1v) is 7.22. The minimum atomic E-state index is 0.0655. The predicted octanol–water partition coefficient (Wildman–Crippen LogP) is 2.02. The van der Waals surface area contributed by atoms with Crippen LogP contribution < -0.4 is 5.32 Å². The summed E-state index contributed by atoms with van der Waals surface area (Å²) in [6, 6.07) is 1.42. The van der Waals surface area contributed by atoms with E-state index >= 15 is 0 Å². The smallest absolute Gasteiger partial charge is 0.0641 e. The number of nitrogens with zero attached hydrogens (tertiary/aromatic N) is 1. The number of hydrogen-bond donors (Lipinski definition) is 1. The SMILES string of the molecule is CCN1CCCC1CNC1CCOC(C)(C)C1. The van der Waals surface area contributed by atoms with Crippen molar-refractivity contribution in [2.45, 2.75) is 64.1 Å². The summed E-state index contributed by atoms with van der Waals surface area (Å²) in [7, 11) is 0. The second-order valence-electron chi connectivity index (χ2n) is 6.13. The van der Waals surface area contributed by atoms with Gasteiger partial charge in [0.1, 0.15) is 0 Å². The molecule has 17 heavy (non-hydrogen) atoms. The van der Waals surface area contributed by atoms with E-state index in [9.17, 15) is 0 Å². The average Bonchev–Trinajstić information content (AvgIpc) is 2.72. The van der Waals surface area contributed by atoms with Gasteiger partial charge in [-0.05, 0) is 52.6 Å². The lowest BCUT2D eigenvalue weighted by Crippen LogP contribution is -2.47. The number of likely N-dealkylation sites (N-methyl/N-ethyl adjacent to an activating group) is 1. The molecule has 0 spiro atoms. The summed E-state index contributed by atoms with van der Waals surface area (Å²) in [6.45, 7) is 11.2. The van der Waals surface area contributed by atoms with Gasteiger partial charge in [-0.25, -0.2) is 0 Å². The molecule has 2 fully saturated rings. The molecule has 0 saturated carbocycles. The Morgan fingerprint density at radius 1 is 1.35 bits per heavy atom. The van der Waals surface area contributed by atoms with Gasteiger partial charge in [0.25, 0.3) is 0 Å². The van der Waals surface area contributed by atoms with E-state index in [0.29, 0.717) is 6.04 Å². The zero-order valence-electron chi connectivity index (χ0n) is 11.7. The summed E-state index contributed by atoms with van der Waals surface area (Å²) in [6.07, 6.45) is 5.06. The van der Waals surface area contributed by atoms with Gasteiger partial charge in [0.15, 0.2) is 0 Å². The Kier molecular flexibility index (Phi) is 4.45. The van der Waals surface area contributed by atoms with Crippen molar-refractivity contribution in [3.05, 3.63) is 0 Å². The molecule has 0 amide bonds. The summed E-state index contributed by atoms with van der Waals surface area (Å²) < 4.78 is 5.76. The maximum atomic E-state index is 5.76. The topological polar surface area (TPSA) is 24.5 Å². The van der Waals surface area contributed by atoms with E-state index in [2.05, 4.69) is 31.0 Å². The highest BCUT2D eigenvalue weighted by Gasteiger charge is 2.30. The van der Waals surface area contributed by atoms with Crippen LogP contribution in [0.25, 0.3) is 0 Å². The minimum absolute atomic E-state index is 0.0655. The average molecular weight is 240 g/mol. The molecule has 0 bridgehead atoms. The Hall–Kier alpha value is -0.120. The molecule has 2 saturated heterocycles. The van der Waals surface area contributed by atoms with Crippen molar-refractivity contribution in [3.8, 4) is 0 Å².